The maximum atomic E-state index is 12.1. The number of hydrogen-bond donors (Lipinski definition) is 2. The summed E-state index contributed by atoms with van der Waals surface area (Å²) >= 11 is 0. The largest absolute Gasteiger partial charge is 0.496 e. The average Bonchev–Trinajstić information content (AvgIpc) is 2.66. The molecule has 3 rings (SSSR count). The van der Waals surface area contributed by atoms with Gasteiger partial charge in [-0.2, -0.15) is 0 Å². The fourth-order valence-corrected chi connectivity index (χ4v) is 2.88. The van der Waals surface area contributed by atoms with E-state index < -0.39 is 0 Å². The van der Waals surface area contributed by atoms with E-state index >= 15 is 0 Å². The molecule has 0 radical (unpaired) electrons. The highest BCUT2D eigenvalue weighted by atomic mass is 16.5. The second-order valence-electron chi connectivity index (χ2n) is 6.08. The van der Waals surface area contributed by atoms with E-state index in [4.69, 9.17) is 9.47 Å². The van der Waals surface area contributed by atoms with Crippen molar-refractivity contribution in [3.05, 3.63) is 53.6 Å². The number of carbonyl (C=O) groups is 2. The molecule has 0 spiro atoms. The monoisotopic (exact) mass is 354 g/mol. The third-order valence-corrected chi connectivity index (χ3v) is 4.23. The Hall–Kier alpha value is -3.02. The van der Waals surface area contributed by atoms with E-state index in [1.807, 2.05) is 42.5 Å². The Morgan fingerprint density at radius 2 is 2.08 bits per heavy atom. The molecule has 1 aliphatic rings. The van der Waals surface area contributed by atoms with Crippen LogP contribution in [0.5, 0.6) is 11.5 Å². The molecule has 2 amide bonds. The van der Waals surface area contributed by atoms with Gasteiger partial charge in [0.15, 0.2) is 6.61 Å². The Labute approximate surface area is 152 Å². The molecule has 0 saturated heterocycles. The van der Waals surface area contributed by atoms with Gasteiger partial charge >= 0.3 is 0 Å². The van der Waals surface area contributed by atoms with Crippen LogP contribution < -0.4 is 20.1 Å². The Balaban J connectivity index is 1.46. The van der Waals surface area contributed by atoms with Crippen molar-refractivity contribution in [1.82, 2.24) is 5.32 Å². The van der Waals surface area contributed by atoms with Gasteiger partial charge in [0.1, 0.15) is 11.5 Å². The van der Waals surface area contributed by atoms with E-state index in [0.29, 0.717) is 30.8 Å². The number of hydrogen-bond acceptors (Lipinski definition) is 4. The van der Waals surface area contributed by atoms with Crippen LogP contribution in [0.3, 0.4) is 0 Å². The molecule has 0 fully saturated rings. The summed E-state index contributed by atoms with van der Waals surface area (Å²) in [4.78, 5) is 23.4. The zero-order valence-electron chi connectivity index (χ0n) is 14.7. The molecule has 6 nitrogen and oxygen atoms in total. The molecule has 0 atom stereocenters. The molecule has 2 aromatic carbocycles. The van der Waals surface area contributed by atoms with Crippen molar-refractivity contribution in [2.24, 2.45) is 0 Å². The van der Waals surface area contributed by atoms with Gasteiger partial charge in [0, 0.05) is 13.0 Å². The van der Waals surface area contributed by atoms with Gasteiger partial charge in [-0.1, -0.05) is 24.3 Å². The van der Waals surface area contributed by atoms with Crippen LogP contribution in [0.25, 0.3) is 0 Å². The standard InChI is InChI=1S/C20H22N2O4/c1-25-17-5-3-2-4-15(17)10-11-21-19(23)9-7-14-6-8-18-16(12-14)22-20(24)13-26-18/h2-6,8,12H,7,9-11,13H2,1H3,(H,21,23)(H,22,24). The van der Waals surface area contributed by atoms with Gasteiger partial charge in [0.25, 0.3) is 5.91 Å². The van der Waals surface area contributed by atoms with Crippen molar-refractivity contribution in [3.63, 3.8) is 0 Å². The summed E-state index contributed by atoms with van der Waals surface area (Å²) in [5.41, 5.74) is 2.71. The normalized spacial score (nSPS) is 12.6. The lowest BCUT2D eigenvalue weighted by Crippen LogP contribution is -2.26. The van der Waals surface area contributed by atoms with Crippen LogP contribution in [-0.2, 0) is 22.4 Å². The van der Waals surface area contributed by atoms with Crippen molar-refractivity contribution in [3.8, 4) is 11.5 Å². The molecule has 1 aliphatic heterocycles. The van der Waals surface area contributed by atoms with E-state index in [0.717, 1.165) is 23.3 Å². The third-order valence-electron chi connectivity index (χ3n) is 4.23. The predicted octanol–water partition coefficient (Wildman–Crippen LogP) is 2.32. The van der Waals surface area contributed by atoms with E-state index in [1.165, 1.54) is 0 Å². The highest BCUT2D eigenvalue weighted by Gasteiger charge is 2.16. The van der Waals surface area contributed by atoms with Crippen LogP contribution in [0, 0.1) is 0 Å². The lowest BCUT2D eigenvalue weighted by Gasteiger charge is -2.18. The number of anilines is 1. The van der Waals surface area contributed by atoms with Crippen LogP contribution in [0.4, 0.5) is 5.69 Å². The number of rotatable bonds is 7. The van der Waals surface area contributed by atoms with Gasteiger partial charge < -0.3 is 20.1 Å². The van der Waals surface area contributed by atoms with E-state index in [-0.39, 0.29) is 18.4 Å². The lowest BCUT2D eigenvalue weighted by atomic mass is 10.1. The topological polar surface area (TPSA) is 76.7 Å². The van der Waals surface area contributed by atoms with Crippen molar-refractivity contribution < 1.29 is 19.1 Å². The van der Waals surface area contributed by atoms with Crippen molar-refractivity contribution >= 4 is 17.5 Å². The first-order chi connectivity index (χ1) is 12.7. The molecule has 6 heteroatoms. The first-order valence-corrected chi connectivity index (χ1v) is 8.60. The summed E-state index contributed by atoms with van der Waals surface area (Å²) in [6.45, 7) is 0.605. The van der Waals surface area contributed by atoms with Crippen LogP contribution in [0.2, 0.25) is 0 Å². The summed E-state index contributed by atoms with van der Waals surface area (Å²) in [7, 11) is 1.64. The number of aryl methyl sites for hydroxylation is 1. The Morgan fingerprint density at radius 3 is 2.92 bits per heavy atom. The minimum absolute atomic E-state index is 0.00194. The van der Waals surface area contributed by atoms with E-state index in [2.05, 4.69) is 10.6 Å². The summed E-state index contributed by atoms with van der Waals surface area (Å²) in [6.07, 6.45) is 1.71. The number of amides is 2. The van der Waals surface area contributed by atoms with Crippen molar-refractivity contribution in [1.29, 1.82) is 0 Å². The number of ether oxygens (including phenoxy) is 2. The SMILES string of the molecule is COc1ccccc1CCNC(=O)CCc1ccc2c(c1)NC(=O)CO2. The first kappa shape index (κ1) is 17.8. The smallest absolute Gasteiger partial charge is 0.262 e. The average molecular weight is 354 g/mol. The molecular weight excluding hydrogens is 332 g/mol. The van der Waals surface area contributed by atoms with Gasteiger partial charge in [-0.15, -0.1) is 0 Å². The van der Waals surface area contributed by atoms with Crippen molar-refractivity contribution in [2.75, 3.05) is 25.6 Å². The molecule has 1 heterocycles. The maximum Gasteiger partial charge on any atom is 0.262 e. The molecule has 0 saturated carbocycles. The second kappa shape index (κ2) is 8.38. The van der Waals surface area contributed by atoms with Crippen LogP contribution in [0.1, 0.15) is 17.5 Å². The van der Waals surface area contributed by atoms with Gasteiger partial charge in [-0.3, -0.25) is 9.59 Å². The van der Waals surface area contributed by atoms with Gasteiger partial charge in [-0.25, -0.2) is 0 Å². The highest BCUT2D eigenvalue weighted by molar-refractivity contribution is 5.95. The number of nitrogens with one attached hydrogen (secondary N) is 2. The van der Waals surface area contributed by atoms with Gasteiger partial charge in [0.05, 0.1) is 12.8 Å². The minimum atomic E-state index is -0.163. The number of benzene rings is 2. The zero-order chi connectivity index (χ0) is 18.4. The Bertz CT molecular complexity index is 804. The number of para-hydroxylation sites is 1. The second-order valence-corrected chi connectivity index (χ2v) is 6.08. The maximum absolute atomic E-state index is 12.1. The quantitative estimate of drug-likeness (QED) is 0.800. The molecule has 0 bridgehead atoms. The molecule has 136 valence electrons. The Morgan fingerprint density at radius 1 is 1.23 bits per heavy atom. The van der Waals surface area contributed by atoms with Crippen LogP contribution >= 0.6 is 0 Å². The summed E-state index contributed by atoms with van der Waals surface area (Å²) < 4.78 is 10.6. The summed E-state index contributed by atoms with van der Waals surface area (Å²) in [5, 5.41) is 5.71. The fourth-order valence-electron chi connectivity index (χ4n) is 2.88. The van der Waals surface area contributed by atoms with Gasteiger partial charge in [-0.05, 0) is 42.2 Å². The zero-order valence-corrected chi connectivity index (χ0v) is 14.7. The number of carbonyl (C=O) groups excluding carboxylic acids is 2. The number of fused-ring (bicyclic) bond motifs is 1. The fraction of sp³-hybridized carbons (Fsp3) is 0.300. The molecule has 0 aliphatic carbocycles. The number of methoxy groups -OCH3 is 1. The minimum Gasteiger partial charge on any atom is -0.496 e. The predicted molar refractivity (Wildman–Crippen MR) is 98.6 cm³/mol. The van der Waals surface area contributed by atoms with Crippen molar-refractivity contribution in [2.45, 2.75) is 19.3 Å². The molecular formula is C20H22N2O4. The summed E-state index contributed by atoms with van der Waals surface area (Å²) in [6, 6.07) is 13.4. The molecule has 2 aromatic rings. The first-order valence-electron chi connectivity index (χ1n) is 8.60. The molecule has 26 heavy (non-hydrogen) atoms. The molecule has 0 unspecified atom stereocenters. The van der Waals surface area contributed by atoms with Gasteiger partial charge in [0.2, 0.25) is 5.91 Å². The third kappa shape index (κ3) is 4.53. The molecule has 2 N–H and O–H groups in total. The lowest BCUT2D eigenvalue weighted by molar-refractivity contribution is -0.121. The Kier molecular flexibility index (Phi) is 5.73. The van der Waals surface area contributed by atoms with E-state index in [9.17, 15) is 9.59 Å². The summed E-state index contributed by atoms with van der Waals surface area (Å²) in [5.74, 6) is 1.33. The van der Waals surface area contributed by atoms with Crippen LogP contribution in [0.15, 0.2) is 42.5 Å². The highest BCUT2D eigenvalue weighted by Crippen LogP contribution is 2.28. The molecule has 0 aromatic heterocycles. The van der Waals surface area contributed by atoms with Crippen LogP contribution in [-0.4, -0.2) is 32.1 Å². The van der Waals surface area contributed by atoms with E-state index in [1.54, 1.807) is 7.11 Å².